The van der Waals surface area contributed by atoms with Gasteiger partial charge in [-0.2, -0.15) is 4.39 Å². The zero-order valence-electron chi connectivity index (χ0n) is 9.99. The minimum absolute atomic E-state index is 0.311. The van der Waals surface area contributed by atoms with Gasteiger partial charge < -0.3 is 5.32 Å². The molecule has 1 N–H and O–H groups in total. The highest BCUT2D eigenvalue weighted by Crippen LogP contribution is 2.31. The summed E-state index contributed by atoms with van der Waals surface area (Å²) in [5.41, 5.74) is -1.81. The lowest BCUT2D eigenvalue weighted by Crippen LogP contribution is -2.27. The van der Waals surface area contributed by atoms with Crippen LogP contribution in [0.1, 0.15) is 29.6 Å². The largest absolute Gasteiger partial charge is 0.352 e. The third-order valence-electron chi connectivity index (χ3n) is 3.03. The van der Waals surface area contributed by atoms with Crippen molar-refractivity contribution in [3.63, 3.8) is 0 Å². The Labute approximate surface area is 107 Å². The average Bonchev–Trinajstić information content (AvgIpc) is 3.12. The molecule has 0 bridgehead atoms. The van der Waals surface area contributed by atoms with Crippen LogP contribution < -0.4 is 5.32 Å². The van der Waals surface area contributed by atoms with Gasteiger partial charge in [-0.05, 0) is 18.4 Å². The topological polar surface area (TPSA) is 72.2 Å². The number of amides is 1. The molecule has 1 fully saturated rings. The second-order valence-electron chi connectivity index (χ2n) is 4.50. The molecule has 1 aliphatic carbocycles. The molecule has 1 aliphatic rings. The highest BCUT2D eigenvalue weighted by molar-refractivity contribution is 5.95. The van der Waals surface area contributed by atoms with Crippen LogP contribution in [-0.4, -0.2) is 17.4 Å². The Bertz CT molecular complexity index is 530. The number of halogens is 2. The fourth-order valence-electron chi connectivity index (χ4n) is 1.78. The summed E-state index contributed by atoms with van der Waals surface area (Å²) in [4.78, 5) is 21.2. The predicted molar refractivity (Wildman–Crippen MR) is 62.7 cm³/mol. The first-order chi connectivity index (χ1) is 9.00. The van der Waals surface area contributed by atoms with Crippen LogP contribution in [-0.2, 0) is 0 Å². The van der Waals surface area contributed by atoms with E-state index < -0.39 is 33.7 Å². The Kier molecular flexibility index (Phi) is 3.73. The van der Waals surface area contributed by atoms with E-state index in [1.807, 2.05) is 0 Å². The summed E-state index contributed by atoms with van der Waals surface area (Å²) in [5.74, 6) is -2.93. The van der Waals surface area contributed by atoms with E-state index in [-0.39, 0.29) is 0 Å². The van der Waals surface area contributed by atoms with Crippen molar-refractivity contribution in [2.24, 2.45) is 5.92 Å². The molecule has 0 atom stereocenters. The molecule has 7 heteroatoms. The average molecular weight is 270 g/mol. The van der Waals surface area contributed by atoms with Gasteiger partial charge in [0.25, 0.3) is 5.91 Å². The van der Waals surface area contributed by atoms with Crippen LogP contribution in [0.2, 0.25) is 0 Å². The van der Waals surface area contributed by atoms with Gasteiger partial charge >= 0.3 is 5.69 Å². The van der Waals surface area contributed by atoms with Crippen LogP contribution in [0.4, 0.5) is 14.5 Å². The normalized spacial score (nSPS) is 14.2. The summed E-state index contributed by atoms with van der Waals surface area (Å²) < 4.78 is 27.1. The van der Waals surface area contributed by atoms with Crippen molar-refractivity contribution in [2.75, 3.05) is 6.54 Å². The first-order valence-corrected chi connectivity index (χ1v) is 5.91. The van der Waals surface area contributed by atoms with E-state index in [0.717, 1.165) is 25.3 Å². The van der Waals surface area contributed by atoms with Gasteiger partial charge in [0, 0.05) is 12.6 Å². The fourth-order valence-corrected chi connectivity index (χ4v) is 1.78. The van der Waals surface area contributed by atoms with Crippen LogP contribution in [0, 0.1) is 27.7 Å². The molecule has 0 unspecified atom stereocenters. The molecule has 1 amide bonds. The minimum atomic E-state index is -1.44. The summed E-state index contributed by atoms with van der Waals surface area (Å²) in [5, 5.41) is 12.9. The number of nitro benzene ring substituents is 1. The Morgan fingerprint density at radius 2 is 2.11 bits per heavy atom. The van der Waals surface area contributed by atoms with Crippen LogP contribution >= 0.6 is 0 Å². The van der Waals surface area contributed by atoms with Gasteiger partial charge in [-0.25, -0.2) is 4.39 Å². The molecule has 0 aromatic heterocycles. The van der Waals surface area contributed by atoms with E-state index in [4.69, 9.17) is 0 Å². The van der Waals surface area contributed by atoms with Gasteiger partial charge in [0.15, 0.2) is 0 Å². The molecule has 5 nitrogen and oxygen atoms in total. The summed E-state index contributed by atoms with van der Waals surface area (Å²) in [6.45, 7) is 0.311. The number of hydrogen-bond donors (Lipinski definition) is 1. The van der Waals surface area contributed by atoms with Crippen LogP contribution in [0.15, 0.2) is 12.1 Å². The van der Waals surface area contributed by atoms with E-state index in [9.17, 15) is 23.7 Å². The lowest BCUT2D eigenvalue weighted by molar-refractivity contribution is -0.387. The van der Waals surface area contributed by atoms with Crippen molar-refractivity contribution >= 4 is 11.6 Å². The molecular weight excluding hydrogens is 258 g/mol. The summed E-state index contributed by atoms with van der Waals surface area (Å²) in [6.07, 6.45) is 2.97. The first kappa shape index (κ1) is 13.4. The second kappa shape index (κ2) is 5.29. The molecular formula is C12H12F2N2O3. The van der Waals surface area contributed by atoms with E-state index in [1.165, 1.54) is 0 Å². The van der Waals surface area contributed by atoms with Crippen molar-refractivity contribution in [3.8, 4) is 0 Å². The molecule has 1 aromatic carbocycles. The predicted octanol–water partition coefficient (Wildman–Crippen LogP) is 2.40. The standard InChI is InChI=1S/C12H12F2N2O3/c13-8-3-4-9(16(18)19)11(14)10(8)12(17)15-6-5-7-1-2-7/h3-4,7H,1-2,5-6H2,(H,15,17). The maximum absolute atomic E-state index is 13.7. The summed E-state index contributed by atoms with van der Waals surface area (Å²) in [7, 11) is 0. The smallest absolute Gasteiger partial charge is 0.305 e. The third kappa shape index (κ3) is 3.04. The maximum atomic E-state index is 13.7. The lowest BCUT2D eigenvalue weighted by Gasteiger charge is -2.06. The third-order valence-corrected chi connectivity index (χ3v) is 3.03. The number of nitrogens with zero attached hydrogens (tertiary/aromatic N) is 1. The Hall–Kier alpha value is -2.05. The van der Waals surface area contributed by atoms with Crippen molar-refractivity contribution in [3.05, 3.63) is 39.4 Å². The van der Waals surface area contributed by atoms with Gasteiger partial charge in [-0.1, -0.05) is 12.8 Å². The number of rotatable bonds is 5. The number of benzene rings is 1. The van der Waals surface area contributed by atoms with E-state index in [0.29, 0.717) is 18.5 Å². The zero-order valence-corrected chi connectivity index (χ0v) is 9.99. The fraction of sp³-hybridized carbons (Fsp3) is 0.417. The molecule has 2 rings (SSSR count). The highest BCUT2D eigenvalue weighted by atomic mass is 19.1. The molecule has 0 heterocycles. The highest BCUT2D eigenvalue weighted by Gasteiger charge is 2.26. The van der Waals surface area contributed by atoms with Crippen molar-refractivity contribution in [1.29, 1.82) is 0 Å². The van der Waals surface area contributed by atoms with Crippen LogP contribution in [0.5, 0.6) is 0 Å². The SMILES string of the molecule is O=C(NCCC1CC1)c1c(F)ccc([N+](=O)[O-])c1F. The summed E-state index contributed by atoms with van der Waals surface area (Å²) in [6, 6.07) is 1.42. The Balaban J connectivity index is 2.14. The number of nitrogens with one attached hydrogen (secondary N) is 1. The lowest BCUT2D eigenvalue weighted by atomic mass is 10.1. The maximum Gasteiger partial charge on any atom is 0.305 e. The molecule has 0 aliphatic heterocycles. The molecule has 0 radical (unpaired) electrons. The van der Waals surface area contributed by atoms with Crippen LogP contribution in [0.3, 0.4) is 0 Å². The monoisotopic (exact) mass is 270 g/mol. The zero-order chi connectivity index (χ0) is 14.0. The second-order valence-corrected chi connectivity index (χ2v) is 4.50. The molecule has 19 heavy (non-hydrogen) atoms. The Morgan fingerprint density at radius 3 is 2.68 bits per heavy atom. The van der Waals surface area contributed by atoms with Gasteiger partial charge in [0.1, 0.15) is 11.4 Å². The van der Waals surface area contributed by atoms with E-state index >= 15 is 0 Å². The van der Waals surface area contributed by atoms with Crippen molar-refractivity contribution in [1.82, 2.24) is 5.32 Å². The van der Waals surface area contributed by atoms with Gasteiger partial charge in [-0.15, -0.1) is 0 Å². The quantitative estimate of drug-likeness (QED) is 0.659. The van der Waals surface area contributed by atoms with E-state index in [1.54, 1.807) is 0 Å². The molecule has 0 saturated heterocycles. The minimum Gasteiger partial charge on any atom is -0.352 e. The van der Waals surface area contributed by atoms with Crippen molar-refractivity contribution < 1.29 is 18.5 Å². The summed E-state index contributed by atoms with van der Waals surface area (Å²) >= 11 is 0. The number of carbonyl (C=O) groups is 1. The Morgan fingerprint density at radius 1 is 1.42 bits per heavy atom. The molecule has 1 saturated carbocycles. The molecule has 102 valence electrons. The first-order valence-electron chi connectivity index (χ1n) is 5.91. The number of nitro groups is 1. The molecule has 0 spiro atoms. The van der Waals surface area contributed by atoms with Crippen LogP contribution in [0.25, 0.3) is 0 Å². The van der Waals surface area contributed by atoms with Crippen molar-refractivity contribution in [2.45, 2.75) is 19.3 Å². The van der Waals surface area contributed by atoms with Gasteiger partial charge in [-0.3, -0.25) is 14.9 Å². The number of hydrogen-bond acceptors (Lipinski definition) is 3. The van der Waals surface area contributed by atoms with Gasteiger partial charge in [0.2, 0.25) is 5.82 Å². The number of carbonyl (C=O) groups excluding carboxylic acids is 1. The molecule has 1 aromatic rings. The van der Waals surface area contributed by atoms with E-state index in [2.05, 4.69) is 5.32 Å². The van der Waals surface area contributed by atoms with Gasteiger partial charge in [0.05, 0.1) is 4.92 Å².